The van der Waals surface area contributed by atoms with Crippen LogP contribution in [0.15, 0.2) is 10.5 Å². The summed E-state index contributed by atoms with van der Waals surface area (Å²) in [5.41, 5.74) is -0.156. The maximum Gasteiger partial charge on any atom is 0.407 e. The summed E-state index contributed by atoms with van der Waals surface area (Å²) in [6.07, 6.45) is -1.21. The van der Waals surface area contributed by atoms with Gasteiger partial charge < -0.3 is 20.0 Å². The molecule has 0 bridgehead atoms. The molecule has 2 N–H and O–H groups in total. The van der Waals surface area contributed by atoms with Gasteiger partial charge in [-0.2, -0.15) is 10.5 Å². The molecule has 0 spiro atoms. The van der Waals surface area contributed by atoms with Crippen LogP contribution < -0.4 is 4.90 Å². The maximum absolute atomic E-state index is 14.7. The van der Waals surface area contributed by atoms with Crippen molar-refractivity contribution in [3.05, 3.63) is 26.9 Å². The van der Waals surface area contributed by atoms with Gasteiger partial charge in [0.1, 0.15) is 17.1 Å². The second kappa shape index (κ2) is 7.66. The molecule has 1 fully saturated rings. The lowest BCUT2D eigenvalue weighted by Gasteiger charge is -2.40. The molecule has 0 aliphatic carbocycles. The predicted octanol–water partition coefficient (Wildman–Crippen LogP) is 3.45. The minimum atomic E-state index is -1.15. The lowest BCUT2D eigenvalue weighted by molar-refractivity contribution is 0.119. The molecule has 3 rings (SSSR count). The number of aromatic hydroxyl groups is 1. The van der Waals surface area contributed by atoms with Crippen LogP contribution in [0.4, 0.5) is 14.9 Å². The number of aromatic nitrogens is 1. The van der Waals surface area contributed by atoms with Gasteiger partial charge in [0.05, 0.1) is 33.7 Å². The molecule has 144 valence electrons. The fourth-order valence-corrected chi connectivity index (χ4v) is 3.79. The molecule has 8 nitrogen and oxygen atoms in total. The van der Waals surface area contributed by atoms with Gasteiger partial charge >= 0.3 is 6.09 Å². The first-order valence-corrected chi connectivity index (χ1v) is 9.19. The number of carbonyl (C=O) groups is 1. The Morgan fingerprint density at radius 3 is 2.79 bits per heavy atom. The van der Waals surface area contributed by atoms with Crippen LogP contribution >= 0.6 is 27.5 Å². The number of hydrogen-bond donors (Lipinski definition) is 2. The number of pyridine rings is 1. The zero-order valence-corrected chi connectivity index (χ0v) is 16.5. The van der Waals surface area contributed by atoms with Gasteiger partial charge in [0.25, 0.3) is 0 Å². The van der Waals surface area contributed by atoms with E-state index in [1.165, 1.54) is 6.07 Å². The summed E-state index contributed by atoms with van der Waals surface area (Å²) in [5.74, 6) is -1.43. The summed E-state index contributed by atoms with van der Waals surface area (Å²) in [6, 6.07) is 4.59. The van der Waals surface area contributed by atoms with E-state index in [4.69, 9.17) is 16.9 Å². The molecular weight excluding hydrogens is 457 g/mol. The van der Waals surface area contributed by atoms with Gasteiger partial charge in [0.15, 0.2) is 5.82 Å². The Balaban J connectivity index is 2.21. The molecule has 2 heterocycles. The second-order valence-corrected chi connectivity index (χ2v) is 7.29. The highest BCUT2D eigenvalue weighted by Gasteiger charge is 2.33. The molecule has 28 heavy (non-hydrogen) atoms. The highest BCUT2D eigenvalue weighted by molar-refractivity contribution is 9.10. The molecule has 0 saturated carbocycles. The average molecular weight is 469 g/mol. The first-order valence-electron chi connectivity index (χ1n) is 8.01. The van der Waals surface area contributed by atoms with Gasteiger partial charge in [-0.25, -0.2) is 14.2 Å². The number of hydrogen-bond acceptors (Lipinski definition) is 6. The van der Waals surface area contributed by atoms with Crippen molar-refractivity contribution in [2.45, 2.75) is 12.5 Å². The Morgan fingerprint density at radius 1 is 1.46 bits per heavy atom. The predicted molar refractivity (Wildman–Crippen MR) is 102 cm³/mol. The van der Waals surface area contributed by atoms with Crippen molar-refractivity contribution < 1.29 is 19.4 Å². The lowest BCUT2D eigenvalue weighted by atomic mass is 10.0. The Labute approximate surface area is 172 Å². The molecule has 11 heteroatoms. The number of fused-ring (bicyclic) bond motifs is 1. The zero-order chi connectivity index (χ0) is 20.6. The fourth-order valence-electron chi connectivity index (χ4n) is 3.30. The van der Waals surface area contributed by atoms with Crippen molar-refractivity contribution in [1.29, 1.82) is 10.5 Å². The smallest absolute Gasteiger partial charge is 0.407 e. The van der Waals surface area contributed by atoms with E-state index in [1.54, 1.807) is 4.90 Å². The number of nitrogens with zero attached hydrogens (tertiary/aromatic N) is 5. The Hall–Kier alpha value is -2.82. The van der Waals surface area contributed by atoms with Gasteiger partial charge in [0.2, 0.25) is 5.88 Å². The number of halogens is 3. The molecule has 1 aromatic carbocycles. The van der Waals surface area contributed by atoms with E-state index in [1.807, 2.05) is 12.1 Å². The van der Waals surface area contributed by atoms with Crippen LogP contribution in [0.25, 0.3) is 10.9 Å². The molecule has 1 amide bonds. The highest BCUT2D eigenvalue weighted by atomic mass is 79.9. The molecule has 0 unspecified atom stereocenters. The van der Waals surface area contributed by atoms with E-state index in [-0.39, 0.29) is 57.7 Å². The minimum Gasteiger partial charge on any atom is -0.492 e. The van der Waals surface area contributed by atoms with Crippen molar-refractivity contribution in [1.82, 2.24) is 9.88 Å². The third-order valence-electron chi connectivity index (χ3n) is 4.55. The van der Waals surface area contributed by atoms with E-state index in [0.29, 0.717) is 0 Å². The summed E-state index contributed by atoms with van der Waals surface area (Å²) < 4.78 is 14.6. The monoisotopic (exact) mass is 467 g/mol. The van der Waals surface area contributed by atoms with E-state index in [2.05, 4.69) is 20.9 Å². The molecule has 1 aliphatic rings. The quantitative estimate of drug-likeness (QED) is 0.647. The van der Waals surface area contributed by atoms with Crippen molar-refractivity contribution in [3.63, 3.8) is 0 Å². The number of carboxylic acid groups (broad SMARTS) is 1. The summed E-state index contributed by atoms with van der Waals surface area (Å²) in [4.78, 5) is 18.0. The van der Waals surface area contributed by atoms with Crippen LogP contribution in [0.1, 0.15) is 12.0 Å². The standard InChI is InChI=1S/C17H12BrClFN5O3/c18-12-11(19)5-9-14(13(12)20)23-16(26)10(6-22)15(9)24-3-4-25(17(27)28)8(7-24)1-2-21/h5,8H,1,3-4,7H2,(H,23,26)(H,27,28)/t8-/m0/s1. The van der Waals surface area contributed by atoms with E-state index in [0.717, 1.165) is 4.90 Å². The Bertz CT molecular complexity index is 1070. The number of nitriles is 2. The number of rotatable bonds is 2. The van der Waals surface area contributed by atoms with E-state index in [9.17, 15) is 24.7 Å². The van der Waals surface area contributed by atoms with Gasteiger partial charge in [-0.15, -0.1) is 0 Å². The minimum absolute atomic E-state index is 0.0257. The van der Waals surface area contributed by atoms with Crippen molar-refractivity contribution in [2.75, 3.05) is 24.5 Å². The van der Waals surface area contributed by atoms with Gasteiger partial charge in [-0.05, 0) is 22.0 Å². The average Bonchev–Trinajstić information content (AvgIpc) is 2.66. The SMILES string of the molecule is N#CC[C@H]1CN(c2c(C#N)c(O)nc3c(F)c(Br)c(Cl)cc23)CCN1C(=O)O. The summed E-state index contributed by atoms with van der Waals surface area (Å²) in [5, 5.41) is 38.3. The van der Waals surface area contributed by atoms with E-state index < -0.39 is 23.8 Å². The van der Waals surface area contributed by atoms with Crippen LogP contribution in [-0.2, 0) is 0 Å². The van der Waals surface area contributed by atoms with Crippen molar-refractivity contribution >= 4 is 50.2 Å². The molecule has 1 aliphatic heterocycles. The molecule has 1 saturated heterocycles. The third kappa shape index (κ3) is 3.26. The molecule has 0 radical (unpaired) electrons. The van der Waals surface area contributed by atoms with Gasteiger partial charge in [-0.3, -0.25) is 0 Å². The highest BCUT2D eigenvalue weighted by Crippen LogP contribution is 2.40. The van der Waals surface area contributed by atoms with Gasteiger partial charge in [-0.1, -0.05) is 11.6 Å². The molecule has 1 aromatic heterocycles. The molecule has 1 atom stereocenters. The number of benzene rings is 1. The van der Waals surface area contributed by atoms with Crippen LogP contribution in [0.3, 0.4) is 0 Å². The van der Waals surface area contributed by atoms with Crippen molar-refractivity contribution in [3.8, 4) is 18.0 Å². The second-order valence-electron chi connectivity index (χ2n) is 6.09. The molecular formula is C17H12BrClFN5O3. The topological polar surface area (TPSA) is 124 Å². The summed E-state index contributed by atoms with van der Waals surface area (Å²) in [7, 11) is 0. The third-order valence-corrected chi connectivity index (χ3v) is 5.85. The zero-order valence-electron chi connectivity index (χ0n) is 14.2. The normalized spacial score (nSPS) is 16.7. The van der Waals surface area contributed by atoms with Crippen LogP contribution in [0, 0.1) is 28.5 Å². The van der Waals surface area contributed by atoms with Crippen LogP contribution in [0.5, 0.6) is 5.88 Å². The largest absolute Gasteiger partial charge is 0.492 e. The fraction of sp³-hybridized carbons (Fsp3) is 0.294. The number of anilines is 1. The van der Waals surface area contributed by atoms with Crippen LogP contribution in [-0.4, -0.2) is 51.9 Å². The number of piperazine rings is 1. The first kappa shape index (κ1) is 19.9. The Kier molecular flexibility index (Phi) is 5.45. The van der Waals surface area contributed by atoms with Crippen LogP contribution in [0.2, 0.25) is 5.02 Å². The molecule has 2 aromatic rings. The maximum atomic E-state index is 14.7. The van der Waals surface area contributed by atoms with Gasteiger partial charge in [0, 0.05) is 25.0 Å². The first-order chi connectivity index (χ1) is 13.3. The summed E-state index contributed by atoms with van der Waals surface area (Å²) in [6.45, 7) is 0.336. The number of amides is 1. The lowest BCUT2D eigenvalue weighted by Crippen LogP contribution is -2.55. The summed E-state index contributed by atoms with van der Waals surface area (Å²) >= 11 is 9.09. The van der Waals surface area contributed by atoms with Crippen molar-refractivity contribution in [2.24, 2.45) is 0 Å². The van der Waals surface area contributed by atoms with E-state index >= 15 is 0 Å². The Morgan fingerprint density at radius 2 is 2.18 bits per heavy atom.